The minimum Gasteiger partial charge on any atom is -0.492 e. The standard InChI is InChI=1S/C23H29FN2O5/c1-12(2)8-13-10-25(7-6-18(13)27)20-17(24)9-15-19(22(20)31-3)26(14-4-5-14)11-16(21(15)28)23(29)30/h9,11-14,18,27H,4-8,10H2,1-3H3,(H,29,30). The SMILES string of the molecule is COc1c(N2CCC(O)C(CC(C)C)C2)c(F)cc2c(=O)c(C(=O)O)cn(C3CC3)c12. The van der Waals surface area contributed by atoms with Crippen molar-refractivity contribution >= 4 is 22.6 Å². The topological polar surface area (TPSA) is 92.0 Å². The van der Waals surface area contributed by atoms with Gasteiger partial charge in [0.05, 0.1) is 24.1 Å². The average Bonchev–Trinajstić information content (AvgIpc) is 3.54. The van der Waals surface area contributed by atoms with Gasteiger partial charge in [0.15, 0.2) is 11.6 Å². The minimum atomic E-state index is -1.33. The number of aromatic carboxylic acids is 1. The maximum absolute atomic E-state index is 15.4. The number of halogens is 1. The van der Waals surface area contributed by atoms with Gasteiger partial charge < -0.3 is 24.4 Å². The summed E-state index contributed by atoms with van der Waals surface area (Å²) in [6.07, 6.45) is 3.99. The van der Waals surface area contributed by atoms with Crippen LogP contribution in [0.15, 0.2) is 17.1 Å². The summed E-state index contributed by atoms with van der Waals surface area (Å²) in [4.78, 5) is 26.3. The van der Waals surface area contributed by atoms with Crippen molar-refractivity contribution in [2.24, 2.45) is 11.8 Å². The first-order valence-corrected chi connectivity index (χ1v) is 10.8. The summed E-state index contributed by atoms with van der Waals surface area (Å²) < 4.78 is 22.8. The van der Waals surface area contributed by atoms with Gasteiger partial charge in [-0.3, -0.25) is 4.79 Å². The van der Waals surface area contributed by atoms with Crippen molar-refractivity contribution in [1.29, 1.82) is 0 Å². The van der Waals surface area contributed by atoms with Crippen molar-refractivity contribution in [1.82, 2.24) is 4.57 Å². The van der Waals surface area contributed by atoms with Gasteiger partial charge in [0.2, 0.25) is 5.43 Å². The normalized spacial score (nSPS) is 21.7. The van der Waals surface area contributed by atoms with Crippen LogP contribution in [0, 0.1) is 17.7 Å². The molecule has 2 atom stereocenters. The first-order valence-electron chi connectivity index (χ1n) is 10.8. The highest BCUT2D eigenvalue weighted by atomic mass is 19.1. The third-order valence-electron chi connectivity index (χ3n) is 6.36. The molecule has 168 valence electrons. The van der Waals surface area contributed by atoms with Crippen LogP contribution in [0.4, 0.5) is 10.1 Å². The first kappa shape index (κ1) is 21.6. The van der Waals surface area contributed by atoms with Gasteiger partial charge in [-0.05, 0) is 37.7 Å². The van der Waals surface area contributed by atoms with E-state index in [0.29, 0.717) is 30.9 Å². The van der Waals surface area contributed by atoms with Gasteiger partial charge in [0.1, 0.15) is 11.3 Å². The Balaban J connectivity index is 1.90. The zero-order chi connectivity index (χ0) is 22.4. The maximum atomic E-state index is 15.4. The number of aliphatic hydroxyl groups is 1. The number of benzene rings is 1. The summed E-state index contributed by atoms with van der Waals surface area (Å²) >= 11 is 0. The molecule has 0 amide bonds. The molecule has 1 saturated carbocycles. The molecule has 2 unspecified atom stereocenters. The fourth-order valence-corrected chi connectivity index (χ4v) is 4.78. The number of fused-ring (bicyclic) bond motifs is 1. The summed E-state index contributed by atoms with van der Waals surface area (Å²) in [7, 11) is 1.44. The number of anilines is 1. The van der Waals surface area contributed by atoms with Crippen LogP contribution in [-0.2, 0) is 0 Å². The molecular weight excluding hydrogens is 403 g/mol. The number of nitrogens with zero attached hydrogens (tertiary/aromatic N) is 2. The number of aliphatic hydroxyl groups excluding tert-OH is 1. The molecule has 2 aliphatic rings. The van der Waals surface area contributed by atoms with E-state index < -0.39 is 23.3 Å². The molecule has 0 spiro atoms. The van der Waals surface area contributed by atoms with E-state index in [4.69, 9.17) is 4.74 Å². The van der Waals surface area contributed by atoms with Crippen LogP contribution >= 0.6 is 0 Å². The number of ether oxygens (including phenoxy) is 1. The Labute approximate surface area is 180 Å². The summed E-state index contributed by atoms with van der Waals surface area (Å²) in [5.74, 6) is -1.29. The molecule has 8 heteroatoms. The van der Waals surface area contributed by atoms with Crippen LogP contribution in [0.2, 0.25) is 0 Å². The van der Waals surface area contributed by atoms with E-state index in [0.717, 1.165) is 25.3 Å². The Morgan fingerprint density at radius 2 is 2.03 bits per heavy atom. The number of carboxylic acids is 1. The summed E-state index contributed by atoms with van der Waals surface area (Å²) in [5, 5.41) is 19.9. The van der Waals surface area contributed by atoms with Gasteiger partial charge in [-0.25, -0.2) is 9.18 Å². The van der Waals surface area contributed by atoms with Crippen LogP contribution in [0.3, 0.4) is 0 Å². The van der Waals surface area contributed by atoms with E-state index in [2.05, 4.69) is 13.8 Å². The molecule has 7 nitrogen and oxygen atoms in total. The second-order valence-electron chi connectivity index (χ2n) is 9.14. The second-order valence-corrected chi connectivity index (χ2v) is 9.14. The van der Waals surface area contributed by atoms with Crippen molar-refractivity contribution in [3.63, 3.8) is 0 Å². The number of rotatable bonds is 6. The molecule has 2 aromatic rings. The Morgan fingerprint density at radius 1 is 1.32 bits per heavy atom. The van der Waals surface area contributed by atoms with Gasteiger partial charge in [0.25, 0.3) is 0 Å². The average molecular weight is 432 g/mol. The molecule has 0 bridgehead atoms. The fourth-order valence-electron chi connectivity index (χ4n) is 4.78. The molecule has 2 N–H and O–H groups in total. The Morgan fingerprint density at radius 3 is 2.61 bits per heavy atom. The Kier molecular flexibility index (Phi) is 5.68. The highest BCUT2D eigenvalue weighted by molar-refractivity contribution is 5.97. The zero-order valence-electron chi connectivity index (χ0n) is 18.1. The molecule has 1 aliphatic carbocycles. The van der Waals surface area contributed by atoms with E-state index in [-0.39, 0.29) is 34.3 Å². The highest BCUT2D eigenvalue weighted by Crippen LogP contribution is 2.44. The number of hydrogen-bond acceptors (Lipinski definition) is 5. The smallest absolute Gasteiger partial charge is 0.341 e. The number of carbonyl (C=O) groups is 1. The van der Waals surface area contributed by atoms with Crippen LogP contribution in [0.5, 0.6) is 5.75 Å². The molecular formula is C23H29FN2O5. The molecule has 1 aromatic heterocycles. The van der Waals surface area contributed by atoms with Gasteiger partial charge in [-0.2, -0.15) is 0 Å². The van der Waals surface area contributed by atoms with Gasteiger partial charge in [0, 0.05) is 31.2 Å². The van der Waals surface area contributed by atoms with Gasteiger partial charge in [-0.15, -0.1) is 0 Å². The number of methoxy groups -OCH3 is 1. The predicted octanol–water partition coefficient (Wildman–Crippen LogP) is 3.42. The van der Waals surface area contributed by atoms with E-state index in [1.165, 1.54) is 13.3 Å². The van der Waals surface area contributed by atoms with Crippen molar-refractivity contribution in [2.75, 3.05) is 25.1 Å². The van der Waals surface area contributed by atoms with E-state index in [1.807, 2.05) is 4.90 Å². The Hall–Kier alpha value is -2.61. The van der Waals surface area contributed by atoms with Gasteiger partial charge >= 0.3 is 5.97 Å². The van der Waals surface area contributed by atoms with Crippen LogP contribution in [-0.4, -0.2) is 47.1 Å². The Bertz CT molecular complexity index is 1080. The number of aromatic nitrogens is 1. The second kappa shape index (κ2) is 8.15. The molecule has 0 radical (unpaired) electrons. The lowest BCUT2D eigenvalue weighted by molar-refractivity contribution is 0.0694. The maximum Gasteiger partial charge on any atom is 0.341 e. The zero-order valence-corrected chi connectivity index (χ0v) is 18.1. The van der Waals surface area contributed by atoms with Crippen LogP contribution < -0.4 is 15.1 Å². The number of pyridine rings is 1. The predicted molar refractivity (Wildman–Crippen MR) is 116 cm³/mol. The minimum absolute atomic E-state index is 0.00793. The molecule has 1 aliphatic heterocycles. The van der Waals surface area contributed by atoms with E-state index in [1.54, 1.807) is 4.57 Å². The van der Waals surface area contributed by atoms with Crippen molar-refractivity contribution in [3.8, 4) is 5.75 Å². The summed E-state index contributed by atoms with van der Waals surface area (Å²) in [6, 6.07) is 1.20. The quantitative estimate of drug-likeness (QED) is 0.727. The molecule has 1 aromatic carbocycles. The summed E-state index contributed by atoms with van der Waals surface area (Å²) in [5.41, 5.74) is -0.378. The van der Waals surface area contributed by atoms with Crippen molar-refractivity contribution in [2.45, 2.75) is 51.7 Å². The van der Waals surface area contributed by atoms with Crippen molar-refractivity contribution in [3.05, 3.63) is 33.9 Å². The molecule has 1 saturated heterocycles. The fraction of sp³-hybridized carbons (Fsp3) is 0.565. The largest absolute Gasteiger partial charge is 0.492 e. The lowest BCUT2D eigenvalue weighted by atomic mass is 9.87. The van der Waals surface area contributed by atoms with E-state index in [9.17, 15) is 19.8 Å². The van der Waals surface area contributed by atoms with Crippen LogP contribution in [0.1, 0.15) is 55.9 Å². The van der Waals surface area contributed by atoms with Crippen LogP contribution in [0.25, 0.3) is 10.9 Å². The first-order chi connectivity index (χ1) is 14.7. The molecule has 2 fully saturated rings. The molecule has 4 rings (SSSR count). The molecule has 31 heavy (non-hydrogen) atoms. The van der Waals surface area contributed by atoms with Crippen molar-refractivity contribution < 1.29 is 24.1 Å². The number of carboxylic acid groups (broad SMARTS) is 1. The van der Waals surface area contributed by atoms with E-state index >= 15 is 4.39 Å². The lowest BCUT2D eigenvalue weighted by Gasteiger charge is -2.39. The van der Waals surface area contributed by atoms with Gasteiger partial charge in [-0.1, -0.05) is 13.8 Å². The monoisotopic (exact) mass is 432 g/mol. The molecule has 2 heterocycles. The third kappa shape index (κ3) is 3.89. The number of piperidine rings is 1. The summed E-state index contributed by atoms with van der Waals surface area (Å²) in [6.45, 7) is 5.14. The lowest BCUT2D eigenvalue weighted by Crippen LogP contribution is -2.44. The highest BCUT2D eigenvalue weighted by Gasteiger charge is 2.34. The number of hydrogen-bond donors (Lipinski definition) is 2. The third-order valence-corrected chi connectivity index (χ3v) is 6.36.